The first-order chi connectivity index (χ1) is 4.70. The number of nitrogens with two attached hydrogens (primary N) is 1. The molecule has 0 aromatic rings. The summed E-state index contributed by atoms with van der Waals surface area (Å²) < 4.78 is 0. The van der Waals surface area contributed by atoms with Crippen molar-refractivity contribution < 1.29 is 0 Å². The van der Waals surface area contributed by atoms with E-state index < -0.39 is 0 Å². The summed E-state index contributed by atoms with van der Waals surface area (Å²) in [6.45, 7) is 4.37. The molecule has 0 rings (SSSR count). The minimum Gasteiger partial charge on any atom is -0.312 e. The quantitative estimate of drug-likeness (QED) is 0.267. The highest BCUT2D eigenvalue weighted by Gasteiger charge is 1.97. The van der Waals surface area contributed by atoms with Crippen molar-refractivity contribution in [3.8, 4) is 0 Å². The van der Waals surface area contributed by atoms with E-state index in [9.17, 15) is 0 Å². The topological polar surface area (TPSA) is 50.4 Å². The summed E-state index contributed by atoms with van der Waals surface area (Å²) in [6.07, 6.45) is 2.08. The molecular weight excluding hydrogens is 126 g/mol. The molecule has 0 spiro atoms. The van der Waals surface area contributed by atoms with Crippen LogP contribution in [-0.2, 0) is 0 Å². The van der Waals surface area contributed by atoms with Gasteiger partial charge >= 0.3 is 0 Å². The van der Waals surface area contributed by atoms with Crippen LogP contribution in [-0.4, -0.2) is 12.9 Å². The van der Waals surface area contributed by atoms with E-state index in [2.05, 4.69) is 24.3 Å². The molecule has 0 aliphatic carbocycles. The van der Waals surface area contributed by atoms with Crippen molar-refractivity contribution in [1.29, 1.82) is 0 Å². The molecule has 0 saturated carbocycles. The fraction of sp³-hybridized carbons (Fsp3) is 0.857. The van der Waals surface area contributed by atoms with Gasteiger partial charge in [-0.3, -0.25) is 4.99 Å². The smallest absolute Gasteiger partial charge is 0.110 e. The van der Waals surface area contributed by atoms with E-state index in [-0.39, 0.29) is 0 Å². The zero-order valence-electron chi connectivity index (χ0n) is 7.02. The van der Waals surface area contributed by atoms with Crippen molar-refractivity contribution in [2.24, 2.45) is 16.8 Å². The Morgan fingerprint density at radius 1 is 1.60 bits per heavy atom. The Morgan fingerprint density at radius 2 is 2.20 bits per heavy atom. The van der Waals surface area contributed by atoms with Crippen LogP contribution in [0.15, 0.2) is 4.99 Å². The van der Waals surface area contributed by atoms with Gasteiger partial charge in [0.25, 0.3) is 0 Å². The van der Waals surface area contributed by atoms with Gasteiger partial charge in [-0.05, 0) is 12.3 Å². The summed E-state index contributed by atoms with van der Waals surface area (Å²) in [5.41, 5.74) is 2.56. The average Bonchev–Trinajstić information content (AvgIpc) is 1.90. The molecule has 0 saturated heterocycles. The van der Waals surface area contributed by atoms with Crippen molar-refractivity contribution in [2.45, 2.75) is 26.7 Å². The van der Waals surface area contributed by atoms with E-state index in [0.717, 1.165) is 18.7 Å². The highest BCUT2D eigenvalue weighted by atomic mass is 15.2. The standard InChI is InChI=1S/C7H17N3/c1-6(2)4-5-7(9-3)10-8/h6H,4-5,8H2,1-3H3,(H,9,10). The van der Waals surface area contributed by atoms with E-state index in [1.807, 2.05) is 0 Å². The molecule has 0 aromatic carbocycles. The SMILES string of the molecule is CN=C(CCC(C)C)NN. The Labute approximate surface area is 62.7 Å². The number of hydrogen-bond acceptors (Lipinski definition) is 2. The second kappa shape index (κ2) is 5.23. The van der Waals surface area contributed by atoms with E-state index >= 15 is 0 Å². The number of amidine groups is 1. The number of hydrazine groups is 1. The third kappa shape index (κ3) is 4.32. The highest BCUT2D eigenvalue weighted by Crippen LogP contribution is 2.02. The van der Waals surface area contributed by atoms with Gasteiger partial charge in [-0.25, -0.2) is 5.84 Å². The van der Waals surface area contributed by atoms with Crippen molar-refractivity contribution >= 4 is 5.84 Å². The van der Waals surface area contributed by atoms with Crippen LogP contribution < -0.4 is 11.3 Å². The first-order valence-corrected chi connectivity index (χ1v) is 3.63. The highest BCUT2D eigenvalue weighted by molar-refractivity contribution is 5.81. The Balaban J connectivity index is 3.46. The molecule has 0 unspecified atom stereocenters. The first-order valence-electron chi connectivity index (χ1n) is 3.63. The molecule has 0 bridgehead atoms. The largest absolute Gasteiger partial charge is 0.312 e. The maximum absolute atomic E-state index is 5.19. The zero-order valence-corrected chi connectivity index (χ0v) is 7.02. The predicted octanol–water partition coefficient (Wildman–Crippen LogP) is 0.914. The maximum Gasteiger partial charge on any atom is 0.110 e. The molecule has 0 aliphatic heterocycles. The molecule has 0 atom stereocenters. The predicted molar refractivity (Wildman–Crippen MR) is 44.8 cm³/mol. The number of rotatable bonds is 3. The van der Waals surface area contributed by atoms with E-state index in [4.69, 9.17) is 5.84 Å². The molecule has 0 aromatic heterocycles. The summed E-state index contributed by atoms with van der Waals surface area (Å²) in [7, 11) is 1.75. The maximum atomic E-state index is 5.19. The molecule has 0 amide bonds. The van der Waals surface area contributed by atoms with Crippen LogP contribution in [0.3, 0.4) is 0 Å². The van der Waals surface area contributed by atoms with Gasteiger partial charge < -0.3 is 5.43 Å². The lowest BCUT2D eigenvalue weighted by molar-refractivity contribution is 0.598. The molecule has 0 radical (unpaired) electrons. The fourth-order valence-electron chi connectivity index (χ4n) is 0.674. The molecule has 10 heavy (non-hydrogen) atoms. The van der Waals surface area contributed by atoms with Crippen LogP contribution in [0.25, 0.3) is 0 Å². The second-order valence-electron chi connectivity index (χ2n) is 2.75. The Bertz CT molecular complexity index is 107. The van der Waals surface area contributed by atoms with Gasteiger partial charge in [-0.1, -0.05) is 13.8 Å². The van der Waals surface area contributed by atoms with Crippen molar-refractivity contribution in [3.63, 3.8) is 0 Å². The van der Waals surface area contributed by atoms with Crippen LogP contribution in [0.1, 0.15) is 26.7 Å². The van der Waals surface area contributed by atoms with Crippen LogP contribution in [0.2, 0.25) is 0 Å². The Kier molecular flexibility index (Phi) is 4.94. The number of nitrogens with zero attached hydrogens (tertiary/aromatic N) is 1. The number of aliphatic imine (C=N–C) groups is 1. The lowest BCUT2D eigenvalue weighted by Gasteiger charge is -2.05. The van der Waals surface area contributed by atoms with Crippen molar-refractivity contribution in [3.05, 3.63) is 0 Å². The Hall–Kier alpha value is -0.570. The van der Waals surface area contributed by atoms with Gasteiger partial charge in [0.2, 0.25) is 0 Å². The number of hydrogen-bond donors (Lipinski definition) is 2. The lowest BCUT2D eigenvalue weighted by atomic mass is 10.1. The van der Waals surface area contributed by atoms with E-state index in [0.29, 0.717) is 5.92 Å². The van der Waals surface area contributed by atoms with Crippen molar-refractivity contribution in [2.75, 3.05) is 7.05 Å². The van der Waals surface area contributed by atoms with Gasteiger partial charge in [-0.2, -0.15) is 0 Å². The third-order valence-electron chi connectivity index (χ3n) is 1.40. The van der Waals surface area contributed by atoms with Crippen LogP contribution in [0, 0.1) is 5.92 Å². The van der Waals surface area contributed by atoms with Gasteiger partial charge in [0.1, 0.15) is 5.84 Å². The van der Waals surface area contributed by atoms with E-state index in [1.165, 1.54) is 0 Å². The van der Waals surface area contributed by atoms with E-state index in [1.54, 1.807) is 7.05 Å². The molecule has 3 N–H and O–H groups in total. The van der Waals surface area contributed by atoms with Crippen LogP contribution in [0.4, 0.5) is 0 Å². The summed E-state index contributed by atoms with van der Waals surface area (Å²) >= 11 is 0. The molecule has 3 nitrogen and oxygen atoms in total. The molecular formula is C7H17N3. The minimum atomic E-state index is 0.713. The molecule has 0 aliphatic rings. The van der Waals surface area contributed by atoms with Crippen LogP contribution in [0.5, 0.6) is 0 Å². The van der Waals surface area contributed by atoms with Gasteiger partial charge in [-0.15, -0.1) is 0 Å². The summed E-state index contributed by atoms with van der Waals surface area (Å²) in [4.78, 5) is 3.96. The summed E-state index contributed by atoms with van der Waals surface area (Å²) in [5.74, 6) is 6.78. The van der Waals surface area contributed by atoms with Gasteiger partial charge in [0.15, 0.2) is 0 Å². The monoisotopic (exact) mass is 143 g/mol. The minimum absolute atomic E-state index is 0.713. The normalized spacial score (nSPS) is 12.3. The van der Waals surface area contributed by atoms with Gasteiger partial charge in [0, 0.05) is 13.5 Å². The zero-order chi connectivity index (χ0) is 7.98. The summed E-state index contributed by atoms with van der Waals surface area (Å²) in [6, 6.07) is 0. The fourth-order valence-corrected chi connectivity index (χ4v) is 0.674. The lowest BCUT2D eigenvalue weighted by Crippen LogP contribution is -2.30. The summed E-state index contributed by atoms with van der Waals surface area (Å²) in [5, 5.41) is 0. The number of nitrogens with one attached hydrogen (secondary N) is 1. The Morgan fingerprint density at radius 3 is 2.50 bits per heavy atom. The molecule has 0 heterocycles. The third-order valence-corrected chi connectivity index (χ3v) is 1.40. The molecule has 0 fully saturated rings. The second-order valence-corrected chi connectivity index (χ2v) is 2.75. The molecule has 3 heteroatoms. The molecule has 60 valence electrons. The van der Waals surface area contributed by atoms with Crippen molar-refractivity contribution in [1.82, 2.24) is 5.43 Å². The van der Waals surface area contributed by atoms with Gasteiger partial charge in [0.05, 0.1) is 0 Å². The van der Waals surface area contributed by atoms with Crippen LogP contribution >= 0.6 is 0 Å². The first kappa shape index (κ1) is 9.43. The average molecular weight is 143 g/mol.